The predicted molar refractivity (Wildman–Crippen MR) is 85.0 cm³/mol. The highest BCUT2D eigenvalue weighted by Crippen LogP contribution is 2.14. The van der Waals surface area contributed by atoms with Gasteiger partial charge in [0.05, 0.1) is 6.54 Å². The van der Waals surface area contributed by atoms with E-state index in [9.17, 15) is 4.79 Å². The smallest absolute Gasteiger partial charge is 0.251 e. The quantitative estimate of drug-likeness (QED) is 0.814. The molecule has 0 bridgehead atoms. The molecule has 1 heterocycles. The van der Waals surface area contributed by atoms with Crippen molar-refractivity contribution in [1.29, 1.82) is 0 Å². The van der Waals surface area contributed by atoms with E-state index >= 15 is 0 Å². The molecule has 1 saturated heterocycles. The maximum Gasteiger partial charge on any atom is 0.251 e. The molecule has 4 heteroatoms. The lowest BCUT2D eigenvalue weighted by atomic mass is 10.0. The van der Waals surface area contributed by atoms with Crippen LogP contribution in [0.1, 0.15) is 27.9 Å². The molecule has 1 fully saturated rings. The number of likely N-dealkylation sites (tertiary alicyclic amines) is 1. The van der Waals surface area contributed by atoms with Crippen molar-refractivity contribution >= 4 is 5.91 Å². The molecule has 0 aromatic heterocycles. The molecule has 1 aliphatic heterocycles. The molecule has 1 amide bonds. The zero-order chi connectivity index (χ0) is 15.2. The van der Waals surface area contributed by atoms with Gasteiger partial charge in [0, 0.05) is 24.2 Å². The van der Waals surface area contributed by atoms with Gasteiger partial charge in [-0.05, 0) is 56.6 Å². The Bertz CT molecular complexity index is 571. The van der Waals surface area contributed by atoms with Gasteiger partial charge in [-0.15, -0.1) is 0 Å². The first kappa shape index (κ1) is 15.6. The third-order valence-electron chi connectivity index (χ3n) is 3.85. The van der Waals surface area contributed by atoms with Crippen molar-refractivity contribution in [2.24, 2.45) is 11.7 Å². The third-order valence-corrected chi connectivity index (χ3v) is 3.85. The summed E-state index contributed by atoms with van der Waals surface area (Å²) in [5.74, 6) is 6.40. The van der Waals surface area contributed by atoms with E-state index in [0.29, 0.717) is 18.0 Å². The van der Waals surface area contributed by atoms with Gasteiger partial charge in [-0.25, -0.2) is 0 Å². The lowest BCUT2D eigenvalue weighted by molar-refractivity contribution is 0.0947. The molecule has 0 aliphatic carbocycles. The topological polar surface area (TPSA) is 58.4 Å². The first-order chi connectivity index (χ1) is 10.1. The van der Waals surface area contributed by atoms with Gasteiger partial charge in [0.25, 0.3) is 5.91 Å². The van der Waals surface area contributed by atoms with E-state index in [1.807, 2.05) is 25.1 Å². The minimum atomic E-state index is -0.00835. The van der Waals surface area contributed by atoms with Crippen LogP contribution in [0.2, 0.25) is 0 Å². The van der Waals surface area contributed by atoms with Crippen molar-refractivity contribution in [3.05, 3.63) is 34.9 Å². The number of rotatable bonds is 3. The lowest BCUT2D eigenvalue weighted by Gasteiger charge is -2.12. The summed E-state index contributed by atoms with van der Waals surface area (Å²) in [7, 11) is 2.12. The Kier molecular flexibility index (Phi) is 5.38. The molecular formula is C17H23N3O. The first-order valence-corrected chi connectivity index (χ1v) is 7.36. The number of benzene rings is 1. The number of carbonyl (C=O) groups is 1. The average Bonchev–Trinajstić information content (AvgIpc) is 2.89. The van der Waals surface area contributed by atoms with Crippen molar-refractivity contribution in [1.82, 2.24) is 10.2 Å². The summed E-state index contributed by atoms with van der Waals surface area (Å²) in [6, 6.07) is 5.59. The number of hydrogen-bond donors (Lipinski definition) is 2. The van der Waals surface area contributed by atoms with Crippen LogP contribution in [0.4, 0.5) is 0 Å². The molecule has 0 saturated carbocycles. The fraction of sp³-hybridized carbons (Fsp3) is 0.471. The van der Waals surface area contributed by atoms with Crippen LogP contribution >= 0.6 is 0 Å². The molecule has 1 aromatic carbocycles. The molecule has 0 radical (unpaired) electrons. The highest BCUT2D eigenvalue weighted by atomic mass is 16.1. The van der Waals surface area contributed by atoms with Crippen LogP contribution in [-0.2, 0) is 0 Å². The van der Waals surface area contributed by atoms with Crippen LogP contribution in [0.5, 0.6) is 0 Å². The van der Waals surface area contributed by atoms with Gasteiger partial charge in [0.15, 0.2) is 0 Å². The van der Waals surface area contributed by atoms with E-state index in [-0.39, 0.29) is 5.91 Å². The number of hydrogen-bond acceptors (Lipinski definition) is 3. The number of amides is 1. The second-order valence-corrected chi connectivity index (χ2v) is 5.66. The number of aryl methyl sites for hydroxylation is 1. The summed E-state index contributed by atoms with van der Waals surface area (Å²) in [5.41, 5.74) is 7.99. The van der Waals surface area contributed by atoms with Crippen molar-refractivity contribution in [3.63, 3.8) is 0 Å². The summed E-state index contributed by atoms with van der Waals surface area (Å²) in [6.07, 6.45) is 1.16. The minimum Gasteiger partial charge on any atom is -0.352 e. The Morgan fingerprint density at radius 3 is 2.95 bits per heavy atom. The molecule has 1 atom stereocenters. The summed E-state index contributed by atoms with van der Waals surface area (Å²) >= 11 is 0. The molecule has 4 nitrogen and oxygen atoms in total. The summed E-state index contributed by atoms with van der Waals surface area (Å²) in [6.45, 7) is 5.23. The van der Waals surface area contributed by atoms with Crippen LogP contribution in [0.3, 0.4) is 0 Å². The number of nitrogens with one attached hydrogen (secondary N) is 1. The Balaban J connectivity index is 1.94. The minimum absolute atomic E-state index is 0.00835. The molecule has 1 aliphatic rings. The molecule has 3 N–H and O–H groups in total. The van der Waals surface area contributed by atoms with Crippen LogP contribution in [-0.4, -0.2) is 44.0 Å². The predicted octanol–water partition coefficient (Wildman–Crippen LogP) is 0.987. The van der Waals surface area contributed by atoms with Crippen LogP contribution in [0.15, 0.2) is 18.2 Å². The normalized spacial score (nSPS) is 18.1. The highest BCUT2D eigenvalue weighted by Gasteiger charge is 2.20. The van der Waals surface area contributed by atoms with E-state index in [0.717, 1.165) is 37.2 Å². The summed E-state index contributed by atoms with van der Waals surface area (Å²) < 4.78 is 0. The van der Waals surface area contributed by atoms with E-state index in [2.05, 4.69) is 29.1 Å². The Morgan fingerprint density at radius 2 is 2.33 bits per heavy atom. The van der Waals surface area contributed by atoms with E-state index in [4.69, 9.17) is 5.73 Å². The monoisotopic (exact) mass is 285 g/mol. The number of nitrogens with zero attached hydrogens (tertiary/aromatic N) is 1. The molecule has 21 heavy (non-hydrogen) atoms. The second-order valence-electron chi connectivity index (χ2n) is 5.66. The molecule has 1 unspecified atom stereocenters. The van der Waals surface area contributed by atoms with E-state index in [1.165, 1.54) is 0 Å². The van der Waals surface area contributed by atoms with Crippen LogP contribution in [0.25, 0.3) is 0 Å². The van der Waals surface area contributed by atoms with Gasteiger partial charge < -0.3 is 16.0 Å². The zero-order valence-electron chi connectivity index (χ0n) is 12.8. The number of nitrogens with two attached hydrogens (primary N) is 1. The Hall–Kier alpha value is -1.83. The van der Waals surface area contributed by atoms with E-state index in [1.54, 1.807) is 0 Å². The molecule has 2 rings (SSSR count). The first-order valence-electron chi connectivity index (χ1n) is 7.36. The Morgan fingerprint density at radius 1 is 1.52 bits per heavy atom. The fourth-order valence-corrected chi connectivity index (χ4v) is 2.62. The van der Waals surface area contributed by atoms with Gasteiger partial charge in [-0.2, -0.15) is 0 Å². The second kappa shape index (κ2) is 7.26. The zero-order valence-corrected chi connectivity index (χ0v) is 12.8. The Labute approximate surface area is 126 Å². The third kappa shape index (κ3) is 4.32. The van der Waals surface area contributed by atoms with Gasteiger partial charge in [0.1, 0.15) is 0 Å². The van der Waals surface area contributed by atoms with Gasteiger partial charge in [0.2, 0.25) is 0 Å². The van der Waals surface area contributed by atoms with E-state index < -0.39 is 0 Å². The molecular weight excluding hydrogens is 262 g/mol. The maximum absolute atomic E-state index is 12.2. The van der Waals surface area contributed by atoms with Crippen molar-refractivity contribution in [2.75, 3.05) is 33.2 Å². The maximum atomic E-state index is 12.2. The molecule has 0 spiro atoms. The average molecular weight is 285 g/mol. The fourth-order valence-electron chi connectivity index (χ4n) is 2.62. The lowest BCUT2D eigenvalue weighted by Crippen LogP contribution is -2.30. The van der Waals surface area contributed by atoms with Crippen molar-refractivity contribution in [2.45, 2.75) is 13.3 Å². The SMILES string of the molecule is Cc1cc(C(=O)NCC2CCN(C)C2)ccc1C#CCN. The van der Waals surface area contributed by atoms with Gasteiger partial charge in [-0.3, -0.25) is 4.79 Å². The largest absolute Gasteiger partial charge is 0.352 e. The molecule has 112 valence electrons. The van der Waals surface area contributed by atoms with Crippen molar-refractivity contribution < 1.29 is 4.79 Å². The van der Waals surface area contributed by atoms with Gasteiger partial charge in [-0.1, -0.05) is 11.8 Å². The number of carbonyl (C=O) groups excluding carboxylic acids is 1. The van der Waals surface area contributed by atoms with Gasteiger partial charge >= 0.3 is 0 Å². The summed E-state index contributed by atoms with van der Waals surface area (Å²) in [4.78, 5) is 14.5. The summed E-state index contributed by atoms with van der Waals surface area (Å²) in [5, 5.41) is 3.03. The van der Waals surface area contributed by atoms with Crippen LogP contribution < -0.4 is 11.1 Å². The highest BCUT2D eigenvalue weighted by molar-refractivity contribution is 5.94. The molecule has 1 aromatic rings. The van der Waals surface area contributed by atoms with Crippen molar-refractivity contribution in [3.8, 4) is 11.8 Å². The van der Waals surface area contributed by atoms with Crippen LogP contribution in [0, 0.1) is 24.7 Å². The standard InChI is InChI=1S/C17H23N3O/c1-13-10-16(6-5-15(13)4-3-8-18)17(21)19-11-14-7-9-20(2)12-14/h5-6,10,14H,7-9,11-12,18H2,1-2H3,(H,19,21).